The van der Waals surface area contributed by atoms with E-state index in [9.17, 15) is 4.79 Å². The molecule has 0 N–H and O–H groups in total. The van der Waals surface area contributed by atoms with Crippen LogP contribution in [0.2, 0.25) is 0 Å². The number of hydrogen-bond acceptors (Lipinski definition) is 3. The molecular formula is C21H24N2OS. The molecule has 0 unspecified atom stereocenters. The van der Waals surface area contributed by atoms with Crippen LogP contribution in [0.5, 0.6) is 0 Å². The van der Waals surface area contributed by atoms with Gasteiger partial charge in [-0.15, -0.1) is 11.3 Å². The first-order valence-electron chi connectivity index (χ1n) is 9.02. The van der Waals surface area contributed by atoms with Crippen LogP contribution in [0.4, 0.5) is 0 Å². The van der Waals surface area contributed by atoms with Gasteiger partial charge in [0.15, 0.2) is 0 Å². The molecule has 0 fully saturated rings. The summed E-state index contributed by atoms with van der Waals surface area (Å²) in [4.78, 5) is 19.9. The van der Waals surface area contributed by atoms with Crippen LogP contribution in [-0.2, 0) is 24.8 Å². The van der Waals surface area contributed by atoms with Crippen LogP contribution in [0.15, 0.2) is 35.4 Å². The summed E-state index contributed by atoms with van der Waals surface area (Å²) in [6.07, 6.45) is 6.25. The maximum Gasteiger partial charge on any atom is 0.262 e. The first-order chi connectivity index (χ1) is 11.9. The number of aryl methyl sites for hydroxylation is 2. The van der Waals surface area contributed by atoms with Crippen molar-refractivity contribution >= 4 is 21.6 Å². The second kappa shape index (κ2) is 6.10. The highest BCUT2D eigenvalue weighted by molar-refractivity contribution is 7.18. The lowest BCUT2D eigenvalue weighted by molar-refractivity contribution is 0.589. The predicted octanol–water partition coefficient (Wildman–Crippen LogP) is 4.68. The monoisotopic (exact) mass is 352 g/mol. The van der Waals surface area contributed by atoms with Gasteiger partial charge in [0, 0.05) is 4.88 Å². The number of hydrogen-bond donors (Lipinski definition) is 0. The zero-order valence-corrected chi connectivity index (χ0v) is 15.9. The Kier molecular flexibility index (Phi) is 4.03. The van der Waals surface area contributed by atoms with Crippen molar-refractivity contribution in [1.29, 1.82) is 0 Å². The van der Waals surface area contributed by atoms with Crippen molar-refractivity contribution in [3.63, 3.8) is 0 Å². The molecule has 130 valence electrons. The molecule has 0 aliphatic heterocycles. The molecule has 0 spiro atoms. The molecule has 0 bridgehead atoms. The quantitative estimate of drug-likeness (QED) is 0.671. The lowest BCUT2D eigenvalue weighted by Crippen LogP contribution is -2.21. The van der Waals surface area contributed by atoms with E-state index in [1.807, 2.05) is 0 Å². The second-order valence-corrected chi connectivity index (χ2v) is 9.10. The molecule has 0 amide bonds. The summed E-state index contributed by atoms with van der Waals surface area (Å²) in [6.45, 7) is 7.22. The molecule has 4 rings (SSSR count). The van der Waals surface area contributed by atoms with E-state index in [4.69, 9.17) is 0 Å². The van der Waals surface area contributed by atoms with Crippen molar-refractivity contribution in [2.75, 3.05) is 0 Å². The second-order valence-electron chi connectivity index (χ2n) is 8.02. The molecule has 3 aromatic rings. The SMILES string of the molecule is CC(C)(C)c1ccc(Cn2cnc3sc4c(c3c2=O)CCCC4)cc1. The molecule has 25 heavy (non-hydrogen) atoms. The van der Waals surface area contributed by atoms with Gasteiger partial charge in [-0.2, -0.15) is 0 Å². The fourth-order valence-electron chi connectivity index (χ4n) is 3.60. The van der Waals surface area contributed by atoms with Gasteiger partial charge in [-0.3, -0.25) is 9.36 Å². The van der Waals surface area contributed by atoms with Gasteiger partial charge in [0.1, 0.15) is 4.83 Å². The van der Waals surface area contributed by atoms with Crippen LogP contribution in [0.3, 0.4) is 0 Å². The van der Waals surface area contributed by atoms with Gasteiger partial charge in [-0.05, 0) is 47.8 Å². The summed E-state index contributed by atoms with van der Waals surface area (Å²) < 4.78 is 1.76. The Morgan fingerprint density at radius 1 is 1.12 bits per heavy atom. The number of fused-ring (bicyclic) bond motifs is 3. The Morgan fingerprint density at radius 2 is 1.84 bits per heavy atom. The fourth-order valence-corrected chi connectivity index (χ4v) is 4.82. The minimum Gasteiger partial charge on any atom is -0.294 e. The van der Waals surface area contributed by atoms with Gasteiger partial charge in [-0.25, -0.2) is 4.98 Å². The summed E-state index contributed by atoms with van der Waals surface area (Å²) in [5, 5.41) is 0.869. The van der Waals surface area contributed by atoms with Crippen LogP contribution >= 0.6 is 11.3 Å². The first-order valence-corrected chi connectivity index (χ1v) is 9.84. The standard InChI is InChI=1S/C21H24N2OS/c1-21(2,3)15-10-8-14(9-11-15)12-23-13-22-19-18(20(23)24)16-6-4-5-7-17(16)25-19/h8-11,13H,4-7,12H2,1-3H3. The van der Waals surface area contributed by atoms with Crippen LogP contribution in [-0.4, -0.2) is 9.55 Å². The zero-order chi connectivity index (χ0) is 17.6. The van der Waals surface area contributed by atoms with Crippen LogP contribution < -0.4 is 5.56 Å². The molecule has 4 heteroatoms. The lowest BCUT2D eigenvalue weighted by atomic mass is 9.87. The Morgan fingerprint density at radius 3 is 2.56 bits per heavy atom. The third kappa shape index (κ3) is 3.04. The highest BCUT2D eigenvalue weighted by Crippen LogP contribution is 2.33. The number of benzene rings is 1. The van der Waals surface area contributed by atoms with Crippen LogP contribution in [0, 0.1) is 0 Å². The molecule has 0 saturated heterocycles. The van der Waals surface area contributed by atoms with E-state index in [1.165, 1.54) is 28.8 Å². The maximum atomic E-state index is 13.0. The molecule has 1 aliphatic rings. The highest BCUT2D eigenvalue weighted by Gasteiger charge is 2.20. The molecule has 2 heterocycles. The van der Waals surface area contributed by atoms with E-state index < -0.39 is 0 Å². The molecule has 1 aliphatic carbocycles. The first kappa shape index (κ1) is 16.5. The van der Waals surface area contributed by atoms with Gasteiger partial charge < -0.3 is 0 Å². The molecule has 1 aromatic carbocycles. The van der Waals surface area contributed by atoms with E-state index in [2.05, 4.69) is 50.0 Å². The minimum atomic E-state index is 0.115. The summed E-state index contributed by atoms with van der Waals surface area (Å²) in [6, 6.07) is 8.58. The molecule has 0 saturated carbocycles. The maximum absolute atomic E-state index is 13.0. The van der Waals surface area contributed by atoms with E-state index in [0.29, 0.717) is 6.54 Å². The normalized spacial score (nSPS) is 14.7. The Bertz CT molecular complexity index is 974. The van der Waals surface area contributed by atoms with Crippen molar-refractivity contribution < 1.29 is 0 Å². The van der Waals surface area contributed by atoms with Crippen molar-refractivity contribution in [2.24, 2.45) is 0 Å². The lowest BCUT2D eigenvalue weighted by Gasteiger charge is -2.19. The molecule has 0 atom stereocenters. The largest absolute Gasteiger partial charge is 0.294 e. The Balaban J connectivity index is 1.70. The summed E-state index contributed by atoms with van der Waals surface area (Å²) in [5.74, 6) is 0. The summed E-state index contributed by atoms with van der Waals surface area (Å²) >= 11 is 1.71. The van der Waals surface area contributed by atoms with Gasteiger partial charge in [0.05, 0.1) is 18.3 Å². The van der Waals surface area contributed by atoms with Crippen molar-refractivity contribution in [3.8, 4) is 0 Å². The van der Waals surface area contributed by atoms with E-state index in [0.717, 1.165) is 28.6 Å². The summed E-state index contributed by atoms with van der Waals surface area (Å²) in [5.41, 5.74) is 3.97. The smallest absolute Gasteiger partial charge is 0.262 e. The third-order valence-electron chi connectivity index (χ3n) is 5.11. The molecular weight excluding hydrogens is 328 g/mol. The highest BCUT2D eigenvalue weighted by atomic mass is 32.1. The molecule has 3 nitrogen and oxygen atoms in total. The zero-order valence-electron chi connectivity index (χ0n) is 15.1. The van der Waals surface area contributed by atoms with Crippen LogP contribution in [0.1, 0.15) is 55.2 Å². The van der Waals surface area contributed by atoms with E-state index in [1.54, 1.807) is 22.2 Å². The van der Waals surface area contributed by atoms with Gasteiger partial charge in [-0.1, -0.05) is 45.0 Å². The summed E-state index contributed by atoms with van der Waals surface area (Å²) in [7, 11) is 0. The van der Waals surface area contributed by atoms with Crippen molar-refractivity contribution in [1.82, 2.24) is 9.55 Å². The molecule has 2 aromatic heterocycles. The average molecular weight is 353 g/mol. The van der Waals surface area contributed by atoms with Gasteiger partial charge >= 0.3 is 0 Å². The predicted molar refractivity (Wildman–Crippen MR) is 105 cm³/mol. The minimum absolute atomic E-state index is 0.115. The number of rotatable bonds is 2. The van der Waals surface area contributed by atoms with Gasteiger partial charge in [0.2, 0.25) is 0 Å². The van der Waals surface area contributed by atoms with Gasteiger partial charge in [0.25, 0.3) is 5.56 Å². The Labute approximate surface area is 152 Å². The Hall–Kier alpha value is -1.94. The molecule has 0 radical (unpaired) electrons. The topological polar surface area (TPSA) is 34.9 Å². The van der Waals surface area contributed by atoms with Crippen molar-refractivity contribution in [2.45, 2.75) is 58.4 Å². The van der Waals surface area contributed by atoms with Crippen molar-refractivity contribution in [3.05, 3.63) is 62.5 Å². The van der Waals surface area contributed by atoms with Crippen LogP contribution in [0.25, 0.3) is 10.2 Å². The average Bonchev–Trinajstić information content (AvgIpc) is 2.96. The fraction of sp³-hybridized carbons (Fsp3) is 0.429. The number of thiophene rings is 1. The number of aromatic nitrogens is 2. The third-order valence-corrected chi connectivity index (χ3v) is 6.31. The van der Waals surface area contributed by atoms with E-state index >= 15 is 0 Å². The van der Waals surface area contributed by atoms with E-state index in [-0.39, 0.29) is 11.0 Å². The number of nitrogens with zero attached hydrogens (tertiary/aromatic N) is 2.